The van der Waals surface area contributed by atoms with Gasteiger partial charge in [0.1, 0.15) is 0 Å². The molecular weight excluding hydrogens is 478 g/mol. The number of benzene rings is 2. The van der Waals surface area contributed by atoms with Crippen molar-refractivity contribution in [3.05, 3.63) is 99.7 Å². The van der Waals surface area contributed by atoms with Gasteiger partial charge in [0.25, 0.3) is 0 Å². The van der Waals surface area contributed by atoms with Crippen LogP contribution in [-0.2, 0) is 6.42 Å². The lowest BCUT2D eigenvalue weighted by atomic mass is 9.74. The van der Waals surface area contributed by atoms with Gasteiger partial charge in [0, 0.05) is 22.0 Å². The molecule has 1 heterocycles. The fourth-order valence-electron chi connectivity index (χ4n) is 4.15. The quantitative estimate of drug-likeness (QED) is 0.373. The third-order valence-electron chi connectivity index (χ3n) is 6.30. The van der Waals surface area contributed by atoms with E-state index in [4.69, 9.17) is 4.52 Å². The molecule has 0 amide bonds. The number of aromatic nitrogens is 1. The molecule has 5 heteroatoms. The first-order valence-electron chi connectivity index (χ1n) is 11.1. The van der Waals surface area contributed by atoms with Crippen molar-refractivity contribution < 1.29 is 14.4 Å². The summed E-state index contributed by atoms with van der Waals surface area (Å²) in [4.78, 5) is 11.2. The van der Waals surface area contributed by atoms with Crippen molar-refractivity contribution in [3.8, 4) is 11.3 Å². The van der Waals surface area contributed by atoms with Crippen molar-refractivity contribution in [2.45, 2.75) is 39.5 Å². The number of rotatable bonds is 6. The summed E-state index contributed by atoms with van der Waals surface area (Å²) in [6, 6.07) is 17.1. The van der Waals surface area contributed by atoms with Crippen molar-refractivity contribution >= 4 is 21.9 Å². The van der Waals surface area contributed by atoms with Gasteiger partial charge >= 0.3 is 5.97 Å². The minimum atomic E-state index is -0.917. The Morgan fingerprint density at radius 2 is 1.85 bits per heavy atom. The van der Waals surface area contributed by atoms with Gasteiger partial charge in [-0.05, 0) is 59.6 Å². The van der Waals surface area contributed by atoms with Crippen molar-refractivity contribution in [3.63, 3.8) is 0 Å². The molecule has 2 atom stereocenters. The Labute approximate surface area is 203 Å². The van der Waals surface area contributed by atoms with Gasteiger partial charge in [-0.3, -0.25) is 0 Å². The predicted molar refractivity (Wildman–Crippen MR) is 134 cm³/mol. The second-order valence-electron chi connectivity index (χ2n) is 9.65. The lowest BCUT2D eigenvalue weighted by Crippen LogP contribution is -2.20. The van der Waals surface area contributed by atoms with Gasteiger partial charge in [-0.25, -0.2) is 4.79 Å². The molecule has 0 aliphatic heterocycles. The Hall–Kier alpha value is -2.92. The van der Waals surface area contributed by atoms with Gasteiger partial charge in [-0.1, -0.05) is 84.4 Å². The Bertz CT molecular complexity index is 1180. The molecule has 2 aromatic carbocycles. The Kier molecular flexibility index (Phi) is 6.71. The Morgan fingerprint density at radius 3 is 2.42 bits per heavy atom. The summed E-state index contributed by atoms with van der Waals surface area (Å²) in [5, 5.41) is 13.7. The molecule has 0 fully saturated rings. The highest BCUT2D eigenvalue weighted by Gasteiger charge is 2.27. The molecule has 0 radical (unpaired) electrons. The number of carboxylic acid groups (broad SMARTS) is 1. The van der Waals surface area contributed by atoms with Crippen LogP contribution in [0.2, 0.25) is 0 Å². The summed E-state index contributed by atoms with van der Waals surface area (Å²) < 4.78 is 6.75. The minimum Gasteiger partial charge on any atom is -0.478 e. The number of halogens is 1. The molecule has 0 spiro atoms. The van der Waals surface area contributed by atoms with E-state index in [1.165, 1.54) is 5.57 Å². The molecule has 0 saturated carbocycles. The minimum absolute atomic E-state index is 0.0193. The van der Waals surface area contributed by atoms with Gasteiger partial charge in [0.15, 0.2) is 5.76 Å². The summed E-state index contributed by atoms with van der Waals surface area (Å²) in [6.07, 6.45) is 8.55. The van der Waals surface area contributed by atoms with Crippen molar-refractivity contribution in [1.82, 2.24) is 5.16 Å². The van der Waals surface area contributed by atoms with Crippen LogP contribution in [-0.4, -0.2) is 16.2 Å². The third kappa shape index (κ3) is 5.53. The molecule has 2 unspecified atom stereocenters. The lowest BCUT2D eigenvalue weighted by molar-refractivity contribution is 0.0697. The van der Waals surface area contributed by atoms with Crippen LogP contribution in [0.3, 0.4) is 0 Å². The zero-order valence-corrected chi connectivity index (χ0v) is 20.7. The molecule has 0 bridgehead atoms. The number of hydrogen-bond acceptors (Lipinski definition) is 3. The maximum absolute atomic E-state index is 11.2. The number of carboxylic acids is 1. The molecule has 4 nitrogen and oxygen atoms in total. The first-order chi connectivity index (χ1) is 15.7. The summed E-state index contributed by atoms with van der Waals surface area (Å²) in [7, 11) is 0. The van der Waals surface area contributed by atoms with Gasteiger partial charge in [-0.2, -0.15) is 0 Å². The SMILES string of the molecule is CC(C)(C)C1C=CC(C(Cc2ccc(C(=O)O)cc2)c2cc(-c3ccc(Br)cc3)on2)=CC1. The van der Waals surface area contributed by atoms with Crippen molar-refractivity contribution in [2.75, 3.05) is 0 Å². The van der Waals surface area contributed by atoms with E-state index in [2.05, 4.69) is 60.1 Å². The molecule has 1 aliphatic carbocycles. The number of allylic oxidation sites excluding steroid dienone is 4. The largest absolute Gasteiger partial charge is 0.478 e. The van der Waals surface area contributed by atoms with E-state index in [1.807, 2.05) is 42.5 Å². The smallest absolute Gasteiger partial charge is 0.335 e. The van der Waals surface area contributed by atoms with Gasteiger partial charge in [0.05, 0.1) is 11.3 Å². The fraction of sp³-hybridized carbons (Fsp3) is 0.286. The highest BCUT2D eigenvalue weighted by molar-refractivity contribution is 9.10. The zero-order valence-electron chi connectivity index (χ0n) is 19.1. The fourth-order valence-corrected chi connectivity index (χ4v) is 4.42. The molecule has 0 saturated heterocycles. The van der Waals surface area contributed by atoms with E-state index in [1.54, 1.807) is 12.1 Å². The molecule has 4 rings (SSSR count). The molecule has 1 N–H and O–H groups in total. The van der Waals surface area contributed by atoms with Crippen LogP contribution in [0.1, 0.15) is 54.7 Å². The number of aromatic carboxylic acids is 1. The maximum Gasteiger partial charge on any atom is 0.335 e. The molecule has 1 aromatic heterocycles. The normalized spacial score (nSPS) is 17.0. The molecular formula is C28H28BrNO3. The van der Waals surface area contributed by atoms with Crippen molar-refractivity contribution in [2.24, 2.45) is 11.3 Å². The molecule has 1 aliphatic rings. The van der Waals surface area contributed by atoms with Crippen LogP contribution in [0, 0.1) is 11.3 Å². The van der Waals surface area contributed by atoms with Gasteiger partial charge in [-0.15, -0.1) is 0 Å². The number of hydrogen-bond donors (Lipinski definition) is 1. The van der Waals surface area contributed by atoms with Crippen LogP contribution in [0.5, 0.6) is 0 Å². The highest BCUT2D eigenvalue weighted by Crippen LogP contribution is 2.38. The predicted octanol–water partition coefficient (Wildman–Crippen LogP) is 7.68. The third-order valence-corrected chi connectivity index (χ3v) is 6.83. The number of nitrogens with zero attached hydrogens (tertiary/aromatic N) is 1. The van der Waals surface area contributed by atoms with Gasteiger partial charge < -0.3 is 9.63 Å². The molecule has 170 valence electrons. The van der Waals surface area contributed by atoms with E-state index in [-0.39, 0.29) is 11.3 Å². The Balaban J connectivity index is 1.65. The molecule has 33 heavy (non-hydrogen) atoms. The van der Waals surface area contributed by atoms with Crippen LogP contribution in [0.15, 0.2) is 87.4 Å². The van der Waals surface area contributed by atoms with Crippen LogP contribution in [0.4, 0.5) is 0 Å². The van der Waals surface area contributed by atoms with Gasteiger partial charge in [0.2, 0.25) is 0 Å². The highest BCUT2D eigenvalue weighted by atomic mass is 79.9. The van der Waals surface area contributed by atoms with E-state index >= 15 is 0 Å². The Morgan fingerprint density at radius 1 is 1.15 bits per heavy atom. The van der Waals surface area contributed by atoms with Crippen LogP contribution >= 0.6 is 15.9 Å². The van der Waals surface area contributed by atoms with E-state index in [9.17, 15) is 9.90 Å². The zero-order chi connectivity index (χ0) is 23.6. The second kappa shape index (κ2) is 9.52. The average Bonchev–Trinajstić information content (AvgIpc) is 3.28. The number of carbonyl (C=O) groups is 1. The monoisotopic (exact) mass is 505 g/mol. The standard InChI is InChI=1S/C28H28BrNO3/c1-28(2,3)22-12-8-19(9-13-22)24(16-18-4-6-21(7-5-18)27(31)32)25-17-26(33-30-25)20-10-14-23(29)15-11-20/h4-12,14-15,17,22,24H,13,16H2,1-3H3,(H,31,32). The van der Waals surface area contributed by atoms with Crippen LogP contribution in [0.25, 0.3) is 11.3 Å². The topological polar surface area (TPSA) is 63.3 Å². The van der Waals surface area contributed by atoms with E-state index < -0.39 is 5.97 Å². The second-order valence-corrected chi connectivity index (χ2v) is 10.6. The van der Waals surface area contributed by atoms with E-state index in [0.29, 0.717) is 17.9 Å². The maximum atomic E-state index is 11.2. The average molecular weight is 506 g/mol. The van der Waals surface area contributed by atoms with Crippen LogP contribution < -0.4 is 0 Å². The summed E-state index contributed by atoms with van der Waals surface area (Å²) in [5.74, 6) is 0.328. The molecule has 3 aromatic rings. The summed E-state index contributed by atoms with van der Waals surface area (Å²) in [6.45, 7) is 6.80. The first-order valence-corrected chi connectivity index (χ1v) is 11.9. The van der Waals surface area contributed by atoms with E-state index in [0.717, 1.165) is 33.5 Å². The summed E-state index contributed by atoms with van der Waals surface area (Å²) in [5.41, 5.74) is 4.63. The van der Waals surface area contributed by atoms with Crippen molar-refractivity contribution in [1.29, 1.82) is 0 Å². The lowest BCUT2D eigenvalue weighted by Gasteiger charge is -2.30. The first kappa shape index (κ1) is 23.2. The summed E-state index contributed by atoms with van der Waals surface area (Å²) >= 11 is 3.47.